The van der Waals surface area contributed by atoms with Gasteiger partial charge in [-0.15, -0.1) is 11.3 Å². The van der Waals surface area contributed by atoms with Gasteiger partial charge in [0.05, 0.1) is 22.7 Å². The summed E-state index contributed by atoms with van der Waals surface area (Å²) in [4.78, 5) is 24.5. The maximum absolute atomic E-state index is 12.5. The van der Waals surface area contributed by atoms with Crippen molar-refractivity contribution in [2.45, 2.75) is 19.6 Å². The third kappa shape index (κ3) is 4.93. The number of amides is 1. The highest BCUT2D eigenvalue weighted by Crippen LogP contribution is 2.28. The van der Waals surface area contributed by atoms with Crippen molar-refractivity contribution in [1.82, 2.24) is 9.78 Å². The average Bonchev–Trinajstić information content (AvgIpc) is 3.48. The average molecular weight is 448 g/mol. The summed E-state index contributed by atoms with van der Waals surface area (Å²) in [7, 11) is 0. The molecule has 0 spiro atoms. The zero-order chi connectivity index (χ0) is 22.5. The van der Waals surface area contributed by atoms with Gasteiger partial charge in [0.2, 0.25) is 0 Å². The normalized spacial score (nSPS) is 11.8. The van der Waals surface area contributed by atoms with Crippen LogP contribution in [0.15, 0.2) is 78.3 Å². The molecule has 0 aliphatic heterocycles. The molecule has 0 aliphatic rings. The molecule has 0 bridgehead atoms. The number of hydrogen-bond acceptors (Lipinski definition) is 5. The van der Waals surface area contributed by atoms with Gasteiger partial charge in [0, 0.05) is 17.4 Å². The number of carboxylic acid groups (broad SMARTS) is 1. The van der Waals surface area contributed by atoms with Crippen molar-refractivity contribution in [2.75, 3.05) is 5.32 Å². The van der Waals surface area contributed by atoms with Gasteiger partial charge in [-0.3, -0.25) is 4.79 Å². The number of rotatable bonds is 8. The summed E-state index contributed by atoms with van der Waals surface area (Å²) in [6.45, 7) is 1.89. The molecule has 32 heavy (non-hydrogen) atoms. The fourth-order valence-corrected chi connectivity index (χ4v) is 3.82. The van der Waals surface area contributed by atoms with Gasteiger partial charge in [-0.2, -0.15) is 5.10 Å². The predicted molar refractivity (Wildman–Crippen MR) is 123 cm³/mol. The van der Waals surface area contributed by atoms with Crippen molar-refractivity contribution in [2.24, 2.45) is 0 Å². The summed E-state index contributed by atoms with van der Waals surface area (Å²) in [5, 5.41) is 18.4. The highest BCUT2D eigenvalue weighted by atomic mass is 32.1. The quantitative estimate of drug-likeness (QED) is 0.403. The fraction of sp³-hybridized carbons (Fsp3) is 0.125. The lowest BCUT2D eigenvalue weighted by atomic mass is 10.2. The smallest absolute Gasteiger partial charge is 0.335 e. The molecule has 1 unspecified atom stereocenters. The number of hydrogen-bond donors (Lipinski definition) is 2. The molecule has 162 valence electrons. The second-order valence-electron chi connectivity index (χ2n) is 7.09. The van der Waals surface area contributed by atoms with Crippen molar-refractivity contribution < 1.29 is 19.4 Å². The molecule has 2 aromatic heterocycles. The SMILES string of the molecule is CC(OCc1cn(-c2ccccc2)nc1-c1cccs1)C(=O)Nc1ccc(C(=O)O)cc1. The molecule has 2 N–H and O–H groups in total. The Labute approximate surface area is 188 Å². The van der Waals surface area contributed by atoms with Crippen LogP contribution >= 0.6 is 11.3 Å². The molecule has 0 saturated heterocycles. The number of anilines is 1. The van der Waals surface area contributed by atoms with E-state index in [4.69, 9.17) is 14.9 Å². The highest BCUT2D eigenvalue weighted by Gasteiger charge is 2.18. The summed E-state index contributed by atoms with van der Waals surface area (Å²) in [5.41, 5.74) is 3.30. The molecule has 2 aromatic carbocycles. The van der Waals surface area contributed by atoms with E-state index in [0.717, 1.165) is 21.8 Å². The van der Waals surface area contributed by atoms with E-state index in [1.165, 1.54) is 12.1 Å². The molecule has 7 nitrogen and oxygen atoms in total. The van der Waals surface area contributed by atoms with Crippen LogP contribution in [0.25, 0.3) is 16.3 Å². The van der Waals surface area contributed by atoms with Crippen LogP contribution in [0.4, 0.5) is 5.69 Å². The number of nitrogens with one attached hydrogen (secondary N) is 1. The topological polar surface area (TPSA) is 93.5 Å². The Morgan fingerprint density at radius 1 is 1.09 bits per heavy atom. The number of thiophene rings is 1. The minimum Gasteiger partial charge on any atom is -0.478 e. The number of aromatic carboxylic acids is 1. The minimum absolute atomic E-state index is 0.156. The summed E-state index contributed by atoms with van der Waals surface area (Å²) in [5.74, 6) is -1.33. The minimum atomic E-state index is -1.02. The van der Waals surface area contributed by atoms with E-state index in [2.05, 4.69) is 5.32 Å². The van der Waals surface area contributed by atoms with E-state index >= 15 is 0 Å². The van der Waals surface area contributed by atoms with Gasteiger partial charge in [-0.1, -0.05) is 24.3 Å². The van der Waals surface area contributed by atoms with Crippen LogP contribution in [-0.2, 0) is 16.1 Å². The first-order valence-corrected chi connectivity index (χ1v) is 10.8. The van der Waals surface area contributed by atoms with Gasteiger partial charge in [0.25, 0.3) is 5.91 Å². The number of carboxylic acids is 1. The van der Waals surface area contributed by atoms with Crippen LogP contribution in [0.5, 0.6) is 0 Å². The van der Waals surface area contributed by atoms with Crippen LogP contribution in [0, 0.1) is 0 Å². The summed E-state index contributed by atoms with van der Waals surface area (Å²) in [6, 6.07) is 19.8. The molecule has 1 amide bonds. The van der Waals surface area contributed by atoms with Crippen LogP contribution in [0.2, 0.25) is 0 Å². The molecular formula is C24H21N3O4S. The van der Waals surface area contributed by atoms with Crippen LogP contribution in [-0.4, -0.2) is 32.9 Å². The Morgan fingerprint density at radius 3 is 2.50 bits per heavy atom. The Hall–Kier alpha value is -3.75. The standard InChI is InChI=1S/C24H21N3O4S/c1-16(23(28)25-19-11-9-17(10-12-19)24(29)30)31-15-18-14-27(20-6-3-2-4-7-20)26-22(18)21-8-5-13-32-21/h2-14,16H,15H2,1H3,(H,25,28)(H,29,30). The first-order chi connectivity index (χ1) is 15.5. The van der Waals surface area contributed by atoms with Gasteiger partial charge >= 0.3 is 5.97 Å². The monoisotopic (exact) mass is 447 g/mol. The maximum atomic E-state index is 12.5. The first kappa shape index (κ1) is 21.5. The largest absolute Gasteiger partial charge is 0.478 e. The lowest BCUT2D eigenvalue weighted by Crippen LogP contribution is -2.27. The Bertz CT molecular complexity index is 1200. The van der Waals surface area contributed by atoms with Gasteiger partial charge in [0.15, 0.2) is 0 Å². The van der Waals surface area contributed by atoms with Crippen molar-refractivity contribution in [3.8, 4) is 16.3 Å². The second-order valence-corrected chi connectivity index (χ2v) is 8.03. The number of aromatic nitrogens is 2. The van der Waals surface area contributed by atoms with Crippen molar-refractivity contribution >= 4 is 28.9 Å². The van der Waals surface area contributed by atoms with Gasteiger partial charge < -0.3 is 15.2 Å². The first-order valence-electron chi connectivity index (χ1n) is 9.95. The van der Waals surface area contributed by atoms with Gasteiger partial charge in [0.1, 0.15) is 11.8 Å². The molecule has 0 fully saturated rings. The molecule has 8 heteroatoms. The number of carbonyl (C=O) groups is 2. The van der Waals surface area contributed by atoms with Crippen LogP contribution in [0.1, 0.15) is 22.8 Å². The Kier molecular flexibility index (Phi) is 6.44. The molecule has 2 heterocycles. The zero-order valence-corrected chi connectivity index (χ0v) is 18.1. The zero-order valence-electron chi connectivity index (χ0n) is 17.3. The molecule has 4 rings (SSSR count). The number of ether oxygens (including phenoxy) is 1. The maximum Gasteiger partial charge on any atom is 0.335 e. The van der Waals surface area contributed by atoms with Gasteiger partial charge in [-0.25, -0.2) is 9.48 Å². The lowest BCUT2D eigenvalue weighted by molar-refractivity contribution is -0.127. The summed E-state index contributed by atoms with van der Waals surface area (Å²) < 4.78 is 7.67. The van der Waals surface area contributed by atoms with E-state index in [-0.39, 0.29) is 18.1 Å². The van der Waals surface area contributed by atoms with E-state index in [1.54, 1.807) is 30.4 Å². The lowest BCUT2D eigenvalue weighted by Gasteiger charge is -2.13. The number of nitrogens with zero attached hydrogens (tertiary/aromatic N) is 2. The number of carbonyl (C=O) groups excluding carboxylic acids is 1. The van der Waals surface area contributed by atoms with E-state index in [1.807, 2.05) is 58.7 Å². The Balaban J connectivity index is 1.45. The predicted octanol–water partition coefficient (Wildman–Crippen LogP) is 4.84. The van der Waals surface area contributed by atoms with Crippen molar-refractivity contribution in [3.05, 3.63) is 89.4 Å². The van der Waals surface area contributed by atoms with Crippen molar-refractivity contribution in [1.29, 1.82) is 0 Å². The third-order valence-electron chi connectivity index (χ3n) is 4.82. The molecular weight excluding hydrogens is 426 g/mol. The Morgan fingerprint density at radius 2 is 1.84 bits per heavy atom. The number of benzene rings is 2. The van der Waals surface area contributed by atoms with Crippen molar-refractivity contribution in [3.63, 3.8) is 0 Å². The van der Waals surface area contributed by atoms with E-state index < -0.39 is 12.1 Å². The third-order valence-corrected chi connectivity index (χ3v) is 5.70. The van der Waals surface area contributed by atoms with Crippen LogP contribution in [0.3, 0.4) is 0 Å². The second kappa shape index (κ2) is 9.59. The van der Waals surface area contributed by atoms with E-state index in [9.17, 15) is 9.59 Å². The molecule has 0 saturated carbocycles. The molecule has 0 aliphatic carbocycles. The highest BCUT2D eigenvalue weighted by molar-refractivity contribution is 7.13. The van der Waals surface area contributed by atoms with Gasteiger partial charge in [-0.05, 0) is 54.8 Å². The van der Waals surface area contributed by atoms with E-state index in [0.29, 0.717) is 5.69 Å². The summed E-state index contributed by atoms with van der Waals surface area (Å²) in [6.07, 6.45) is 1.20. The van der Waals surface area contributed by atoms with Crippen LogP contribution < -0.4 is 5.32 Å². The molecule has 0 radical (unpaired) electrons. The molecule has 4 aromatic rings. The summed E-state index contributed by atoms with van der Waals surface area (Å²) >= 11 is 1.59. The fourth-order valence-electron chi connectivity index (χ4n) is 3.08. The molecule has 1 atom stereocenters. The number of para-hydroxylation sites is 1.